The van der Waals surface area contributed by atoms with Gasteiger partial charge in [0.1, 0.15) is 5.76 Å². The van der Waals surface area contributed by atoms with E-state index in [1.807, 2.05) is 12.1 Å². The minimum Gasteiger partial charge on any atom is -0.469 e. The maximum absolute atomic E-state index is 10.1. The van der Waals surface area contributed by atoms with Crippen molar-refractivity contribution < 1.29 is 9.52 Å². The molecule has 0 aliphatic rings. The third kappa shape index (κ3) is 2.94. The van der Waals surface area contributed by atoms with E-state index >= 15 is 0 Å². The average Bonchev–Trinajstić information content (AvgIpc) is 2.97. The van der Waals surface area contributed by atoms with Crippen molar-refractivity contribution in [3.63, 3.8) is 0 Å². The molecule has 2 aromatic heterocycles. The molecule has 0 bridgehead atoms. The lowest BCUT2D eigenvalue weighted by Crippen LogP contribution is -2.09. The molecule has 0 spiro atoms. The molecule has 1 atom stereocenters. The van der Waals surface area contributed by atoms with Crippen LogP contribution in [0.4, 0.5) is 0 Å². The van der Waals surface area contributed by atoms with Gasteiger partial charge in [0.15, 0.2) is 0 Å². The topological polar surface area (TPSA) is 64.1 Å². The Bertz CT molecular complexity index is 436. The summed E-state index contributed by atoms with van der Waals surface area (Å²) in [6.07, 6.45) is 5.03. The Morgan fingerprint density at radius 2 is 2.41 bits per heavy atom. The van der Waals surface area contributed by atoms with Gasteiger partial charge < -0.3 is 9.52 Å². The van der Waals surface area contributed by atoms with Crippen LogP contribution in [0.2, 0.25) is 0 Å². The third-order valence-electron chi connectivity index (χ3n) is 2.67. The molecule has 0 aliphatic heterocycles. The molecule has 0 fully saturated rings. The first-order valence-electron chi connectivity index (χ1n) is 5.90. The number of aliphatic hydroxyl groups excluding tert-OH is 1. The van der Waals surface area contributed by atoms with Crippen LogP contribution in [-0.2, 0) is 13.0 Å². The minimum atomic E-state index is -0.540. The quantitative estimate of drug-likeness (QED) is 0.831. The summed E-state index contributed by atoms with van der Waals surface area (Å²) in [7, 11) is 0. The molecule has 92 valence electrons. The summed E-state index contributed by atoms with van der Waals surface area (Å²) in [5.41, 5.74) is 0.776. The van der Waals surface area contributed by atoms with Crippen molar-refractivity contribution in [1.29, 1.82) is 0 Å². The Labute approximate surface area is 100 Å². The van der Waals surface area contributed by atoms with Gasteiger partial charge in [0.25, 0.3) is 0 Å². The van der Waals surface area contributed by atoms with Gasteiger partial charge >= 0.3 is 0 Å². The summed E-state index contributed by atoms with van der Waals surface area (Å²) in [4.78, 5) is 0. The van der Waals surface area contributed by atoms with Crippen LogP contribution >= 0.6 is 0 Å². The highest BCUT2D eigenvalue weighted by Gasteiger charge is 2.14. The van der Waals surface area contributed by atoms with Crippen LogP contribution in [0.3, 0.4) is 0 Å². The van der Waals surface area contributed by atoms with Gasteiger partial charge in [-0.2, -0.15) is 0 Å². The fraction of sp³-hybridized carbons (Fsp3) is 0.500. The van der Waals surface area contributed by atoms with Gasteiger partial charge in [-0.05, 0) is 25.0 Å². The molecule has 0 radical (unpaired) electrons. The standard InChI is InChI=1S/C12H17N3O2/c1-2-7-15-11(9-13-14-15)12(16)6-5-10-4-3-8-17-10/h3-4,8-9,12,16H,2,5-7H2,1H3. The van der Waals surface area contributed by atoms with Crippen LogP contribution in [-0.4, -0.2) is 20.1 Å². The third-order valence-corrected chi connectivity index (χ3v) is 2.67. The van der Waals surface area contributed by atoms with Crippen LogP contribution in [0.5, 0.6) is 0 Å². The number of aryl methyl sites for hydroxylation is 2. The minimum absolute atomic E-state index is 0.540. The molecule has 5 heteroatoms. The molecule has 0 aromatic carbocycles. The fourth-order valence-corrected chi connectivity index (χ4v) is 1.79. The molecule has 0 aliphatic carbocycles. The molecular weight excluding hydrogens is 218 g/mol. The van der Waals surface area contributed by atoms with E-state index in [1.165, 1.54) is 0 Å². The van der Waals surface area contributed by atoms with Crippen molar-refractivity contribution in [3.05, 3.63) is 36.0 Å². The molecule has 1 N–H and O–H groups in total. The lowest BCUT2D eigenvalue weighted by atomic mass is 10.1. The molecule has 1 unspecified atom stereocenters. The molecular formula is C12H17N3O2. The summed E-state index contributed by atoms with van der Waals surface area (Å²) >= 11 is 0. The summed E-state index contributed by atoms with van der Waals surface area (Å²) in [5, 5.41) is 17.9. The van der Waals surface area contributed by atoms with Crippen molar-refractivity contribution >= 4 is 0 Å². The summed E-state index contributed by atoms with van der Waals surface area (Å²) < 4.78 is 6.99. The van der Waals surface area contributed by atoms with Gasteiger partial charge in [0.05, 0.1) is 24.3 Å². The second kappa shape index (κ2) is 5.63. The number of rotatable bonds is 6. The first-order chi connectivity index (χ1) is 8.31. The fourth-order valence-electron chi connectivity index (χ4n) is 1.79. The van der Waals surface area contributed by atoms with E-state index in [9.17, 15) is 5.11 Å². The maximum Gasteiger partial charge on any atom is 0.103 e. The van der Waals surface area contributed by atoms with Crippen LogP contribution in [0.1, 0.15) is 37.3 Å². The lowest BCUT2D eigenvalue weighted by Gasteiger charge is -2.10. The van der Waals surface area contributed by atoms with Gasteiger partial charge in [-0.15, -0.1) is 5.10 Å². The SMILES string of the molecule is CCCn1nncc1C(O)CCc1ccco1. The van der Waals surface area contributed by atoms with Crippen molar-refractivity contribution in [2.45, 2.75) is 38.8 Å². The van der Waals surface area contributed by atoms with Gasteiger partial charge in [-0.1, -0.05) is 12.1 Å². The number of aliphatic hydroxyl groups is 1. The van der Waals surface area contributed by atoms with E-state index in [0.717, 1.165) is 24.4 Å². The largest absolute Gasteiger partial charge is 0.469 e. The van der Waals surface area contributed by atoms with Crippen molar-refractivity contribution in [2.24, 2.45) is 0 Å². The maximum atomic E-state index is 10.1. The molecule has 0 saturated carbocycles. The second-order valence-electron chi connectivity index (χ2n) is 4.02. The molecule has 0 amide bonds. The second-order valence-corrected chi connectivity index (χ2v) is 4.02. The van der Waals surface area contributed by atoms with E-state index in [0.29, 0.717) is 12.8 Å². The van der Waals surface area contributed by atoms with Gasteiger partial charge in [0, 0.05) is 13.0 Å². The highest BCUT2D eigenvalue weighted by Crippen LogP contribution is 2.18. The van der Waals surface area contributed by atoms with Crippen LogP contribution in [0.25, 0.3) is 0 Å². The summed E-state index contributed by atoms with van der Waals surface area (Å²) in [5.74, 6) is 0.888. The Balaban J connectivity index is 1.94. The monoisotopic (exact) mass is 235 g/mol. The molecule has 17 heavy (non-hydrogen) atoms. The number of hydrogen-bond donors (Lipinski definition) is 1. The normalized spacial score (nSPS) is 12.8. The van der Waals surface area contributed by atoms with E-state index in [1.54, 1.807) is 17.1 Å². The number of aromatic nitrogens is 3. The predicted octanol–water partition coefficient (Wildman–Crippen LogP) is 1.95. The average molecular weight is 235 g/mol. The summed E-state index contributed by atoms with van der Waals surface area (Å²) in [6.45, 7) is 2.85. The number of nitrogens with zero attached hydrogens (tertiary/aromatic N) is 3. The number of hydrogen-bond acceptors (Lipinski definition) is 4. The Morgan fingerprint density at radius 3 is 3.12 bits per heavy atom. The molecule has 0 saturated heterocycles. The van der Waals surface area contributed by atoms with Crippen molar-refractivity contribution in [2.75, 3.05) is 0 Å². The number of furan rings is 1. The van der Waals surface area contributed by atoms with Crippen molar-refractivity contribution in [3.8, 4) is 0 Å². The van der Waals surface area contributed by atoms with E-state index in [-0.39, 0.29) is 0 Å². The van der Waals surface area contributed by atoms with Crippen LogP contribution in [0, 0.1) is 0 Å². The Hall–Kier alpha value is -1.62. The highest BCUT2D eigenvalue weighted by atomic mass is 16.3. The molecule has 2 aromatic rings. The van der Waals surface area contributed by atoms with Crippen molar-refractivity contribution in [1.82, 2.24) is 15.0 Å². The van der Waals surface area contributed by atoms with Gasteiger partial charge in [-0.25, -0.2) is 4.68 Å². The zero-order valence-electron chi connectivity index (χ0n) is 9.91. The Morgan fingerprint density at radius 1 is 1.53 bits per heavy atom. The molecule has 2 heterocycles. The zero-order chi connectivity index (χ0) is 12.1. The van der Waals surface area contributed by atoms with Gasteiger partial charge in [0.2, 0.25) is 0 Å². The van der Waals surface area contributed by atoms with Gasteiger partial charge in [-0.3, -0.25) is 0 Å². The Kier molecular flexibility index (Phi) is 3.93. The first kappa shape index (κ1) is 11.9. The van der Waals surface area contributed by atoms with Crippen LogP contribution in [0.15, 0.2) is 29.0 Å². The van der Waals surface area contributed by atoms with E-state index in [4.69, 9.17) is 4.42 Å². The first-order valence-corrected chi connectivity index (χ1v) is 5.90. The van der Waals surface area contributed by atoms with E-state index in [2.05, 4.69) is 17.2 Å². The molecule has 2 rings (SSSR count). The highest BCUT2D eigenvalue weighted by molar-refractivity contribution is 5.02. The van der Waals surface area contributed by atoms with Crippen LogP contribution < -0.4 is 0 Å². The summed E-state index contributed by atoms with van der Waals surface area (Å²) in [6, 6.07) is 3.76. The predicted molar refractivity (Wildman–Crippen MR) is 62.3 cm³/mol. The lowest BCUT2D eigenvalue weighted by molar-refractivity contribution is 0.154. The smallest absolute Gasteiger partial charge is 0.103 e. The zero-order valence-corrected chi connectivity index (χ0v) is 9.91. The van der Waals surface area contributed by atoms with E-state index < -0.39 is 6.10 Å². The molecule has 5 nitrogen and oxygen atoms in total.